The molecule has 172 valence electrons. The van der Waals surface area contributed by atoms with Crippen LogP contribution in [0.2, 0.25) is 5.15 Å². The van der Waals surface area contributed by atoms with Gasteiger partial charge < -0.3 is 20.7 Å². The second-order valence-electron chi connectivity index (χ2n) is 9.00. The minimum Gasteiger partial charge on any atom is -0.465 e. The minimum atomic E-state index is -0.717. The third-order valence-corrected chi connectivity index (χ3v) is 5.83. The van der Waals surface area contributed by atoms with E-state index in [1.165, 1.54) is 6.20 Å². The first-order chi connectivity index (χ1) is 14.6. The molecule has 0 aliphatic heterocycles. The van der Waals surface area contributed by atoms with Crippen molar-refractivity contribution in [2.75, 3.05) is 25.0 Å². The molecular formula is C22H33ClN4O4. The number of nitrogens with one attached hydrogen (secondary N) is 3. The van der Waals surface area contributed by atoms with Crippen molar-refractivity contribution in [3.63, 3.8) is 0 Å². The van der Waals surface area contributed by atoms with Crippen LogP contribution in [0.4, 0.5) is 10.5 Å². The SMILES string of the molecule is CCOC(=O)CNCC1(C(=O)C(NC(=O)Nc2cccnc2Cl)C(C)(C)C)CCCC1. The number of nitrogens with zero attached hydrogens (tertiary/aromatic N) is 1. The molecule has 2 amide bonds. The summed E-state index contributed by atoms with van der Waals surface area (Å²) in [6.07, 6.45) is 4.82. The lowest BCUT2D eigenvalue weighted by atomic mass is 9.71. The lowest BCUT2D eigenvalue weighted by Gasteiger charge is -2.38. The molecule has 0 spiro atoms. The fourth-order valence-electron chi connectivity index (χ4n) is 3.93. The van der Waals surface area contributed by atoms with E-state index in [9.17, 15) is 14.4 Å². The number of rotatable bonds is 9. The van der Waals surface area contributed by atoms with Crippen molar-refractivity contribution in [1.29, 1.82) is 0 Å². The first-order valence-electron chi connectivity index (χ1n) is 10.7. The van der Waals surface area contributed by atoms with Crippen molar-refractivity contribution in [2.45, 2.75) is 59.4 Å². The number of ketones is 1. The summed E-state index contributed by atoms with van der Waals surface area (Å²) in [6, 6.07) is 2.07. The average Bonchev–Trinajstić information content (AvgIpc) is 3.17. The first kappa shape index (κ1) is 25.1. The predicted octanol–water partition coefficient (Wildman–Crippen LogP) is 3.55. The van der Waals surface area contributed by atoms with Gasteiger partial charge in [-0.05, 0) is 37.3 Å². The number of hydrogen-bond donors (Lipinski definition) is 3. The highest BCUT2D eigenvalue weighted by Gasteiger charge is 2.47. The van der Waals surface area contributed by atoms with Gasteiger partial charge in [-0.15, -0.1) is 0 Å². The molecule has 1 aromatic rings. The molecule has 1 aliphatic carbocycles. The summed E-state index contributed by atoms with van der Waals surface area (Å²) >= 11 is 6.02. The van der Waals surface area contributed by atoms with Gasteiger partial charge in [0.2, 0.25) is 0 Å². The summed E-state index contributed by atoms with van der Waals surface area (Å²) < 4.78 is 4.95. The predicted molar refractivity (Wildman–Crippen MR) is 120 cm³/mol. The maximum atomic E-state index is 13.7. The average molecular weight is 453 g/mol. The summed E-state index contributed by atoms with van der Waals surface area (Å²) in [7, 11) is 0. The smallest absolute Gasteiger partial charge is 0.319 e. The fourth-order valence-corrected chi connectivity index (χ4v) is 4.09. The molecule has 1 aromatic heterocycles. The molecule has 9 heteroatoms. The first-order valence-corrected chi connectivity index (χ1v) is 11.1. The highest BCUT2D eigenvalue weighted by atomic mass is 35.5. The Labute approximate surface area is 188 Å². The van der Waals surface area contributed by atoms with Crippen molar-refractivity contribution >= 4 is 35.1 Å². The molecule has 3 N–H and O–H groups in total. The Kier molecular flexibility index (Phi) is 8.82. The lowest BCUT2D eigenvalue weighted by molar-refractivity contribution is -0.142. The quantitative estimate of drug-likeness (QED) is 0.390. The number of amides is 2. The van der Waals surface area contributed by atoms with Crippen LogP contribution in [0, 0.1) is 10.8 Å². The van der Waals surface area contributed by atoms with Gasteiger partial charge in [-0.25, -0.2) is 9.78 Å². The van der Waals surface area contributed by atoms with Gasteiger partial charge >= 0.3 is 12.0 Å². The molecule has 1 heterocycles. The lowest BCUT2D eigenvalue weighted by Crippen LogP contribution is -2.57. The topological polar surface area (TPSA) is 109 Å². The summed E-state index contributed by atoms with van der Waals surface area (Å²) in [6.45, 7) is 8.25. The Morgan fingerprint density at radius 2 is 1.94 bits per heavy atom. The molecule has 0 radical (unpaired) electrons. The van der Waals surface area contributed by atoms with Crippen molar-refractivity contribution in [3.05, 3.63) is 23.5 Å². The van der Waals surface area contributed by atoms with Crippen LogP contribution in [0.25, 0.3) is 0 Å². The number of Topliss-reactive ketones (excluding diaryl/α,β-unsaturated/α-hetero) is 1. The molecule has 0 aromatic carbocycles. The number of esters is 1. The maximum absolute atomic E-state index is 13.7. The molecule has 1 aliphatic rings. The van der Waals surface area contributed by atoms with Crippen LogP contribution >= 0.6 is 11.6 Å². The molecule has 1 saturated carbocycles. The van der Waals surface area contributed by atoms with E-state index in [1.54, 1.807) is 19.1 Å². The van der Waals surface area contributed by atoms with Gasteiger partial charge in [0.15, 0.2) is 10.9 Å². The van der Waals surface area contributed by atoms with Crippen LogP contribution in [0.15, 0.2) is 18.3 Å². The highest BCUT2D eigenvalue weighted by molar-refractivity contribution is 6.32. The number of carbonyl (C=O) groups excluding carboxylic acids is 3. The molecule has 1 unspecified atom stereocenters. The van der Waals surface area contributed by atoms with Gasteiger partial charge in [0.25, 0.3) is 0 Å². The standard InChI is InChI=1S/C22H33ClN4O4/c1-5-31-16(28)13-24-14-22(10-6-7-11-22)18(29)17(21(2,3)4)27-20(30)26-15-9-8-12-25-19(15)23/h8-9,12,17,24H,5-7,10-11,13-14H2,1-4H3,(H2,26,27,30). The van der Waals surface area contributed by atoms with E-state index in [0.29, 0.717) is 31.7 Å². The molecule has 31 heavy (non-hydrogen) atoms. The molecular weight excluding hydrogens is 420 g/mol. The zero-order valence-corrected chi connectivity index (χ0v) is 19.5. The van der Waals surface area contributed by atoms with E-state index < -0.39 is 22.9 Å². The maximum Gasteiger partial charge on any atom is 0.319 e. The Hall–Kier alpha value is -2.19. The number of hydrogen-bond acceptors (Lipinski definition) is 6. The van der Waals surface area contributed by atoms with Gasteiger partial charge in [-0.2, -0.15) is 0 Å². The fraction of sp³-hybridized carbons (Fsp3) is 0.636. The number of anilines is 1. The number of pyridine rings is 1. The highest BCUT2D eigenvalue weighted by Crippen LogP contribution is 2.41. The monoisotopic (exact) mass is 452 g/mol. The Morgan fingerprint density at radius 3 is 2.52 bits per heavy atom. The van der Waals surface area contributed by atoms with Crippen molar-refractivity contribution in [3.8, 4) is 0 Å². The van der Waals surface area contributed by atoms with E-state index in [0.717, 1.165) is 12.8 Å². The zero-order valence-electron chi connectivity index (χ0n) is 18.7. The second-order valence-corrected chi connectivity index (χ2v) is 9.36. The molecule has 1 atom stereocenters. The van der Waals surface area contributed by atoms with Gasteiger partial charge in [0.05, 0.1) is 24.9 Å². The largest absolute Gasteiger partial charge is 0.465 e. The number of ether oxygens (including phenoxy) is 1. The minimum absolute atomic E-state index is 0.0266. The van der Waals surface area contributed by atoms with E-state index in [-0.39, 0.29) is 23.5 Å². The number of carbonyl (C=O) groups is 3. The Morgan fingerprint density at radius 1 is 1.26 bits per heavy atom. The Balaban J connectivity index is 2.13. The van der Waals surface area contributed by atoms with Crippen LogP contribution in [-0.2, 0) is 14.3 Å². The Bertz CT molecular complexity index is 788. The van der Waals surface area contributed by atoms with Crippen LogP contribution in [-0.4, -0.2) is 48.5 Å². The van der Waals surface area contributed by atoms with Gasteiger partial charge in [0, 0.05) is 18.2 Å². The molecule has 0 saturated heterocycles. The summed E-state index contributed by atoms with van der Waals surface area (Å²) in [5, 5.41) is 8.78. The van der Waals surface area contributed by atoms with Crippen LogP contribution in [0.1, 0.15) is 53.4 Å². The zero-order chi connectivity index (χ0) is 23.1. The summed E-state index contributed by atoms with van der Waals surface area (Å²) in [4.78, 5) is 42.0. The van der Waals surface area contributed by atoms with E-state index in [1.807, 2.05) is 20.8 Å². The van der Waals surface area contributed by atoms with Crippen molar-refractivity contribution in [2.24, 2.45) is 10.8 Å². The van der Waals surface area contributed by atoms with Crippen molar-refractivity contribution in [1.82, 2.24) is 15.6 Å². The molecule has 1 fully saturated rings. The number of halogens is 1. The van der Waals surface area contributed by atoms with Crippen LogP contribution in [0.3, 0.4) is 0 Å². The van der Waals surface area contributed by atoms with E-state index in [4.69, 9.17) is 16.3 Å². The van der Waals surface area contributed by atoms with Crippen molar-refractivity contribution < 1.29 is 19.1 Å². The third-order valence-electron chi connectivity index (χ3n) is 5.53. The van der Waals surface area contributed by atoms with Gasteiger partial charge in [-0.3, -0.25) is 9.59 Å². The number of aromatic nitrogens is 1. The summed E-state index contributed by atoms with van der Waals surface area (Å²) in [5.41, 5.74) is -0.776. The van der Waals surface area contributed by atoms with E-state index in [2.05, 4.69) is 20.9 Å². The summed E-state index contributed by atoms with van der Waals surface area (Å²) in [5.74, 6) is -0.373. The van der Waals surface area contributed by atoms with E-state index >= 15 is 0 Å². The molecule has 2 rings (SSSR count). The van der Waals surface area contributed by atoms with Crippen LogP contribution in [0.5, 0.6) is 0 Å². The molecule has 0 bridgehead atoms. The van der Waals surface area contributed by atoms with Gasteiger partial charge in [0.1, 0.15) is 0 Å². The number of urea groups is 1. The normalized spacial score (nSPS) is 16.4. The molecule has 8 nitrogen and oxygen atoms in total. The van der Waals surface area contributed by atoms with Crippen LogP contribution < -0.4 is 16.0 Å². The second kappa shape index (κ2) is 10.9. The third kappa shape index (κ3) is 6.90. The van der Waals surface area contributed by atoms with Gasteiger partial charge in [-0.1, -0.05) is 45.2 Å².